The number of aromatic nitrogens is 3. The van der Waals surface area contributed by atoms with Crippen LogP contribution in [0.5, 0.6) is 0 Å². The molecular formula is C27H31Cl3N6O. The molecule has 2 aromatic heterocycles. The van der Waals surface area contributed by atoms with E-state index in [9.17, 15) is 5.11 Å². The van der Waals surface area contributed by atoms with E-state index in [1.807, 2.05) is 24.4 Å². The minimum atomic E-state index is -0.199. The van der Waals surface area contributed by atoms with Crippen molar-refractivity contribution in [1.29, 1.82) is 0 Å². The van der Waals surface area contributed by atoms with Gasteiger partial charge in [0.2, 0.25) is 5.95 Å². The lowest BCUT2D eigenvalue weighted by molar-refractivity contribution is 0.126. The second kappa shape index (κ2) is 12.1. The summed E-state index contributed by atoms with van der Waals surface area (Å²) in [5.74, 6) is 1.75. The molecule has 1 saturated heterocycles. The van der Waals surface area contributed by atoms with E-state index in [0.717, 1.165) is 80.8 Å². The largest absolute Gasteiger partial charge is 0.393 e. The summed E-state index contributed by atoms with van der Waals surface area (Å²) in [6.45, 7) is 2.77. The molecule has 5 rings (SSSR count). The number of anilines is 3. The number of benzene rings is 1. The molecule has 2 aliphatic rings. The summed E-state index contributed by atoms with van der Waals surface area (Å²) < 4.78 is 0. The number of hydrogen-bond donors (Lipinski definition) is 3. The molecule has 0 amide bonds. The van der Waals surface area contributed by atoms with Crippen LogP contribution in [0.4, 0.5) is 17.5 Å². The van der Waals surface area contributed by atoms with Gasteiger partial charge in [-0.3, -0.25) is 4.90 Å². The maximum atomic E-state index is 9.94. The maximum Gasteiger partial charge on any atom is 0.229 e. The molecule has 3 heterocycles. The SMILES string of the molecule is O[C@H]1CC[C@H](Nc2nc(Nc3ccnc(Cl)c3)ncc2C2CCN(Cc3cc(Cl)cc(Cl)c3)CC2)CC1. The lowest BCUT2D eigenvalue weighted by Gasteiger charge is -2.33. The minimum absolute atomic E-state index is 0.199. The smallest absolute Gasteiger partial charge is 0.229 e. The highest BCUT2D eigenvalue weighted by molar-refractivity contribution is 6.34. The van der Waals surface area contributed by atoms with E-state index in [1.165, 1.54) is 0 Å². The Kier molecular flexibility index (Phi) is 8.67. The fraction of sp³-hybridized carbons (Fsp3) is 0.444. The Bertz CT molecular complexity index is 1190. The van der Waals surface area contributed by atoms with Crippen molar-refractivity contribution < 1.29 is 5.11 Å². The molecule has 1 aromatic carbocycles. The number of hydrogen-bond acceptors (Lipinski definition) is 7. The molecule has 7 nitrogen and oxygen atoms in total. The lowest BCUT2D eigenvalue weighted by Crippen LogP contribution is -2.33. The van der Waals surface area contributed by atoms with Crippen LogP contribution >= 0.6 is 34.8 Å². The fourth-order valence-electron chi connectivity index (χ4n) is 5.25. The summed E-state index contributed by atoms with van der Waals surface area (Å²) in [5.41, 5.74) is 3.07. The number of aliphatic hydroxyl groups excluding tert-OH is 1. The first-order valence-corrected chi connectivity index (χ1v) is 13.9. The van der Waals surface area contributed by atoms with Crippen LogP contribution in [0.25, 0.3) is 0 Å². The summed E-state index contributed by atoms with van der Waals surface area (Å²) in [7, 11) is 0. The van der Waals surface area contributed by atoms with E-state index < -0.39 is 0 Å². The molecule has 10 heteroatoms. The number of aliphatic hydroxyl groups is 1. The number of nitrogens with one attached hydrogen (secondary N) is 2. The van der Waals surface area contributed by atoms with Crippen molar-refractivity contribution in [1.82, 2.24) is 19.9 Å². The van der Waals surface area contributed by atoms with Gasteiger partial charge in [0.25, 0.3) is 0 Å². The van der Waals surface area contributed by atoms with Crippen molar-refractivity contribution >= 4 is 52.3 Å². The molecule has 0 radical (unpaired) electrons. The molecular weight excluding hydrogens is 531 g/mol. The first-order chi connectivity index (χ1) is 17.9. The van der Waals surface area contributed by atoms with Gasteiger partial charge < -0.3 is 15.7 Å². The Morgan fingerprint density at radius 1 is 0.919 bits per heavy atom. The molecule has 3 aromatic rings. The van der Waals surface area contributed by atoms with Crippen LogP contribution in [0.2, 0.25) is 15.2 Å². The number of halogens is 3. The average molecular weight is 562 g/mol. The van der Waals surface area contributed by atoms with Gasteiger partial charge >= 0.3 is 0 Å². The molecule has 0 unspecified atom stereocenters. The molecule has 0 spiro atoms. The number of nitrogens with zero attached hydrogens (tertiary/aromatic N) is 4. The maximum absolute atomic E-state index is 9.94. The second-order valence-electron chi connectivity index (χ2n) is 9.97. The third-order valence-electron chi connectivity index (χ3n) is 7.19. The van der Waals surface area contributed by atoms with E-state index >= 15 is 0 Å². The van der Waals surface area contributed by atoms with Crippen LogP contribution in [-0.2, 0) is 6.54 Å². The van der Waals surface area contributed by atoms with Crippen molar-refractivity contribution in [2.45, 2.75) is 63.1 Å². The Morgan fingerprint density at radius 3 is 2.35 bits per heavy atom. The Morgan fingerprint density at radius 2 is 1.65 bits per heavy atom. The van der Waals surface area contributed by atoms with Gasteiger partial charge in [-0.15, -0.1) is 0 Å². The van der Waals surface area contributed by atoms with E-state index in [0.29, 0.717) is 27.1 Å². The minimum Gasteiger partial charge on any atom is -0.393 e. The predicted octanol–water partition coefficient (Wildman–Crippen LogP) is 6.67. The summed E-state index contributed by atoms with van der Waals surface area (Å²) in [6.07, 6.45) is 8.91. The van der Waals surface area contributed by atoms with E-state index in [4.69, 9.17) is 39.8 Å². The lowest BCUT2D eigenvalue weighted by atomic mass is 9.89. The van der Waals surface area contributed by atoms with Gasteiger partial charge in [0, 0.05) is 46.3 Å². The Labute approximate surface area is 232 Å². The van der Waals surface area contributed by atoms with Gasteiger partial charge in [-0.1, -0.05) is 34.8 Å². The van der Waals surface area contributed by atoms with E-state index in [2.05, 4.69) is 25.5 Å². The summed E-state index contributed by atoms with van der Waals surface area (Å²) in [5, 5.41) is 18.6. The van der Waals surface area contributed by atoms with Gasteiger partial charge in [0.1, 0.15) is 11.0 Å². The fourth-order valence-corrected chi connectivity index (χ4v) is 6.00. The third-order valence-corrected chi connectivity index (χ3v) is 7.84. The highest BCUT2D eigenvalue weighted by Gasteiger charge is 2.26. The Balaban J connectivity index is 1.30. The molecule has 0 bridgehead atoms. The van der Waals surface area contributed by atoms with Crippen molar-refractivity contribution in [2.75, 3.05) is 23.7 Å². The standard InChI is InChI=1S/C27H31Cl3N6O/c28-19-11-17(12-20(29)13-19)16-36-9-6-18(7-10-36)24-15-32-27(34-22-5-8-31-25(30)14-22)35-26(24)33-21-1-3-23(37)4-2-21/h5,8,11-15,18,21,23,37H,1-4,6-7,9-10,16H2,(H2,31,32,33,34,35)/t21-,23-. The first kappa shape index (κ1) is 26.4. The molecule has 0 atom stereocenters. The normalized spacial score (nSPS) is 21.1. The number of likely N-dealkylation sites (tertiary alicyclic amines) is 1. The molecule has 3 N–H and O–H groups in total. The van der Waals surface area contributed by atoms with Crippen LogP contribution in [0.15, 0.2) is 42.7 Å². The quantitative estimate of drug-likeness (QED) is 0.278. The van der Waals surface area contributed by atoms with Crippen molar-refractivity contribution in [3.8, 4) is 0 Å². The van der Waals surface area contributed by atoms with Gasteiger partial charge in [-0.05, 0) is 93.4 Å². The van der Waals surface area contributed by atoms with Crippen molar-refractivity contribution in [3.05, 3.63) is 69.1 Å². The summed E-state index contributed by atoms with van der Waals surface area (Å²) >= 11 is 18.4. The summed E-state index contributed by atoms with van der Waals surface area (Å²) in [4.78, 5) is 16.0. The topological polar surface area (TPSA) is 86.2 Å². The number of piperidine rings is 1. The molecule has 2 fully saturated rings. The highest BCUT2D eigenvalue weighted by atomic mass is 35.5. The highest BCUT2D eigenvalue weighted by Crippen LogP contribution is 2.35. The molecule has 1 aliphatic heterocycles. The van der Waals surface area contributed by atoms with Crippen LogP contribution in [-0.4, -0.2) is 50.2 Å². The third kappa shape index (κ3) is 7.24. The zero-order valence-electron chi connectivity index (χ0n) is 20.5. The molecule has 1 aliphatic carbocycles. The average Bonchev–Trinajstić information content (AvgIpc) is 2.86. The monoisotopic (exact) mass is 560 g/mol. The van der Waals surface area contributed by atoms with Crippen LogP contribution < -0.4 is 10.6 Å². The van der Waals surface area contributed by atoms with Crippen LogP contribution in [0.1, 0.15) is 55.6 Å². The van der Waals surface area contributed by atoms with Crippen LogP contribution in [0, 0.1) is 0 Å². The van der Waals surface area contributed by atoms with Crippen molar-refractivity contribution in [3.63, 3.8) is 0 Å². The zero-order valence-corrected chi connectivity index (χ0v) is 22.8. The van der Waals surface area contributed by atoms with Crippen molar-refractivity contribution in [2.24, 2.45) is 0 Å². The number of rotatable bonds is 7. The van der Waals surface area contributed by atoms with Gasteiger partial charge in [0.05, 0.1) is 6.10 Å². The molecule has 196 valence electrons. The van der Waals surface area contributed by atoms with E-state index in [-0.39, 0.29) is 12.1 Å². The summed E-state index contributed by atoms with van der Waals surface area (Å²) in [6, 6.07) is 9.60. The first-order valence-electron chi connectivity index (χ1n) is 12.8. The van der Waals surface area contributed by atoms with E-state index in [1.54, 1.807) is 18.3 Å². The molecule has 1 saturated carbocycles. The van der Waals surface area contributed by atoms with Gasteiger partial charge in [-0.2, -0.15) is 4.98 Å². The van der Waals surface area contributed by atoms with Gasteiger partial charge in [-0.25, -0.2) is 9.97 Å². The second-order valence-corrected chi connectivity index (χ2v) is 11.2. The van der Waals surface area contributed by atoms with Gasteiger partial charge in [0.15, 0.2) is 0 Å². The predicted molar refractivity (Wildman–Crippen MR) is 150 cm³/mol. The zero-order chi connectivity index (χ0) is 25.8. The number of pyridine rings is 1. The van der Waals surface area contributed by atoms with Crippen LogP contribution in [0.3, 0.4) is 0 Å². The Hall–Kier alpha value is -2.16. The molecule has 37 heavy (non-hydrogen) atoms.